The molecule has 0 heterocycles. The van der Waals surface area contributed by atoms with Crippen LogP contribution in [0.15, 0.2) is 33.6 Å². The van der Waals surface area contributed by atoms with E-state index in [1.165, 1.54) is 6.92 Å². The lowest BCUT2D eigenvalue weighted by molar-refractivity contribution is -0.114. The molecule has 0 amide bonds. The van der Waals surface area contributed by atoms with Crippen molar-refractivity contribution in [1.82, 2.24) is 0 Å². The Morgan fingerprint density at radius 3 is 2.38 bits per heavy atom. The molecule has 2 nitrogen and oxygen atoms in total. The molecule has 70 valence electrons. The molecule has 0 radical (unpaired) electrons. The van der Waals surface area contributed by atoms with Crippen molar-refractivity contribution >= 4 is 32.5 Å². The van der Waals surface area contributed by atoms with E-state index in [-0.39, 0.29) is 11.5 Å². The normalized spacial score (nSPS) is 12.5. The zero-order valence-corrected chi connectivity index (χ0v) is 9.52. The predicted molar refractivity (Wildman–Crippen MR) is 56.1 cm³/mol. The second kappa shape index (κ2) is 4.67. The fraction of sp³-hybridized carbons (Fsp3) is 0.222. The number of Topliss-reactive ketones (excluding diaryl/α,β-unsaturated/α-hetero) is 1. The van der Waals surface area contributed by atoms with E-state index in [2.05, 4.69) is 15.9 Å². The van der Waals surface area contributed by atoms with Gasteiger partial charge in [-0.3, -0.25) is 9.00 Å². The van der Waals surface area contributed by atoms with Gasteiger partial charge in [-0.15, -0.1) is 0 Å². The first kappa shape index (κ1) is 10.6. The lowest BCUT2D eigenvalue weighted by Crippen LogP contribution is -2.06. The standard InChI is InChI=1S/C9H9BrO2S/c1-7(11)6-13(12)9-4-2-8(10)3-5-9/h2-5H,6H2,1H3. The summed E-state index contributed by atoms with van der Waals surface area (Å²) in [6, 6.07) is 7.13. The van der Waals surface area contributed by atoms with E-state index in [4.69, 9.17) is 0 Å². The van der Waals surface area contributed by atoms with E-state index in [1.807, 2.05) is 12.1 Å². The molecule has 0 aromatic heterocycles. The topological polar surface area (TPSA) is 34.1 Å². The average molecular weight is 261 g/mol. The summed E-state index contributed by atoms with van der Waals surface area (Å²) >= 11 is 3.28. The summed E-state index contributed by atoms with van der Waals surface area (Å²) in [5.74, 6) is 0.0444. The molecule has 1 unspecified atom stereocenters. The van der Waals surface area contributed by atoms with Crippen molar-refractivity contribution in [2.45, 2.75) is 11.8 Å². The molecule has 0 N–H and O–H groups in total. The minimum atomic E-state index is -1.19. The van der Waals surface area contributed by atoms with Crippen molar-refractivity contribution in [3.05, 3.63) is 28.7 Å². The summed E-state index contributed by atoms with van der Waals surface area (Å²) in [5.41, 5.74) is 0. The van der Waals surface area contributed by atoms with Crippen LogP contribution in [0.25, 0.3) is 0 Å². The number of carbonyl (C=O) groups is 1. The largest absolute Gasteiger partial charge is 0.299 e. The second-order valence-corrected chi connectivity index (χ2v) is 5.01. The number of ketones is 1. The van der Waals surface area contributed by atoms with E-state index >= 15 is 0 Å². The molecule has 1 aromatic carbocycles. The highest BCUT2D eigenvalue weighted by molar-refractivity contribution is 9.10. The summed E-state index contributed by atoms with van der Waals surface area (Å²) in [5, 5.41) is 0. The zero-order chi connectivity index (χ0) is 9.84. The van der Waals surface area contributed by atoms with Crippen LogP contribution in [0, 0.1) is 0 Å². The number of carbonyl (C=O) groups excluding carboxylic acids is 1. The fourth-order valence-electron chi connectivity index (χ4n) is 0.854. The Morgan fingerprint density at radius 2 is 1.92 bits per heavy atom. The summed E-state index contributed by atoms with van der Waals surface area (Å²) in [7, 11) is -1.19. The van der Waals surface area contributed by atoms with Crippen molar-refractivity contribution in [1.29, 1.82) is 0 Å². The summed E-state index contributed by atoms with van der Waals surface area (Å²) in [6.45, 7) is 1.44. The van der Waals surface area contributed by atoms with Gasteiger partial charge in [0.1, 0.15) is 5.78 Å². The Kier molecular flexibility index (Phi) is 3.81. The highest BCUT2D eigenvalue weighted by atomic mass is 79.9. The van der Waals surface area contributed by atoms with Gasteiger partial charge in [0.05, 0.1) is 16.6 Å². The van der Waals surface area contributed by atoms with Crippen molar-refractivity contribution in [3.8, 4) is 0 Å². The van der Waals surface area contributed by atoms with Crippen LogP contribution in [0.2, 0.25) is 0 Å². The van der Waals surface area contributed by atoms with Gasteiger partial charge in [0, 0.05) is 9.37 Å². The van der Waals surface area contributed by atoms with Crippen LogP contribution in [0.5, 0.6) is 0 Å². The molecular formula is C9H9BrO2S. The van der Waals surface area contributed by atoms with Gasteiger partial charge in [0.25, 0.3) is 0 Å². The van der Waals surface area contributed by atoms with E-state index in [1.54, 1.807) is 12.1 Å². The van der Waals surface area contributed by atoms with Gasteiger partial charge in [0.2, 0.25) is 0 Å². The Morgan fingerprint density at radius 1 is 1.38 bits per heavy atom. The number of benzene rings is 1. The molecule has 0 saturated carbocycles. The first-order chi connectivity index (χ1) is 6.09. The minimum Gasteiger partial charge on any atom is -0.299 e. The smallest absolute Gasteiger partial charge is 0.142 e. The van der Waals surface area contributed by atoms with Gasteiger partial charge in [-0.05, 0) is 31.2 Å². The van der Waals surface area contributed by atoms with Crippen LogP contribution in [0.3, 0.4) is 0 Å². The molecule has 0 spiro atoms. The highest BCUT2D eigenvalue weighted by Gasteiger charge is 2.05. The van der Waals surface area contributed by atoms with Crippen LogP contribution >= 0.6 is 15.9 Å². The lowest BCUT2D eigenvalue weighted by Gasteiger charge is -1.98. The maximum absolute atomic E-state index is 11.4. The average Bonchev–Trinajstić information content (AvgIpc) is 2.04. The molecule has 13 heavy (non-hydrogen) atoms. The quantitative estimate of drug-likeness (QED) is 0.835. The van der Waals surface area contributed by atoms with E-state index < -0.39 is 10.8 Å². The van der Waals surface area contributed by atoms with Crippen LogP contribution in [0.4, 0.5) is 0 Å². The van der Waals surface area contributed by atoms with E-state index in [0.29, 0.717) is 4.90 Å². The van der Waals surface area contributed by atoms with Crippen LogP contribution in [-0.2, 0) is 15.6 Å². The third-order valence-electron chi connectivity index (χ3n) is 1.41. The molecule has 1 aromatic rings. The van der Waals surface area contributed by atoms with Crippen LogP contribution in [0.1, 0.15) is 6.92 Å². The van der Waals surface area contributed by atoms with E-state index in [9.17, 15) is 9.00 Å². The summed E-state index contributed by atoms with van der Waals surface area (Å²) in [4.78, 5) is 11.4. The molecular weight excluding hydrogens is 252 g/mol. The fourth-order valence-corrected chi connectivity index (χ4v) is 2.09. The summed E-state index contributed by atoms with van der Waals surface area (Å²) < 4.78 is 12.4. The first-order valence-electron chi connectivity index (χ1n) is 3.73. The van der Waals surface area contributed by atoms with Crippen molar-refractivity contribution in [2.24, 2.45) is 0 Å². The number of hydrogen-bond acceptors (Lipinski definition) is 2. The van der Waals surface area contributed by atoms with Gasteiger partial charge < -0.3 is 0 Å². The van der Waals surface area contributed by atoms with Gasteiger partial charge in [0.15, 0.2) is 0 Å². The SMILES string of the molecule is CC(=O)CS(=O)c1ccc(Br)cc1. The maximum atomic E-state index is 11.4. The second-order valence-electron chi connectivity index (χ2n) is 2.65. The Balaban J connectivity index is 2.78. The molecule has 0 saturated heterocycles. The third-order valence-corrected chi connectivity index (χ3v) is 3.41. The monoisotopic (exact) mass is 260 g/mol. The van der Waals surface area contributed by atoms with Gasteiger partial charge in [-0.1, -0.05) is 15.9 Å². The minimum absolute atomic E-state index is 0.0544. The molecule has 4 heteroatoms. The number of rotatable bonds is 3. The number of halogens is 1. The number of hydrogen-bond donors (Lipinski definition) is 0. The predicted octanol–water partition coefficient (Wildman–Crippen LogP) is 2.15. The molecule has 0 aliphatic rings. The molecule has 1 rings (SSSR count). The molecule has 0 aliphatic heterocycles. The van der Waals surface area contributed by atoms with Crippen LogP contribution in [-0.4, -0.2) is 15.7 Å². The maximum Gasteiger partial charge on any atom is 0.142 e. The molecule has 1 atom stereocenters. The van der Waals surface area contributed by atoms with Gasteiger partial charge in [-0.2, -0.15) is 0 Å². The Hall–Kier alpha value is -0.480. The molecule has 0 fully saturated rings. The van der Waals surface area contributed by atoms with Gasteiger partial charge >= 0.3 is 0 Å². The summed E-state index contributed by atoms with van der Waals surface area (Å²) in [6.07, 6.45) is 0. The molecule has 0 aliphatic carbocycles. The van der Waals surface area contributed by atoms with Crippen molar-refractivity contribution in [2.75, 3.05) is 5.75 Å². The highest BCUT2D eigenvalue weighted by Crippen LogP contribution is 2.13. The van der Waals surface area contributed by atoms with Crippen molar-refractivity contribution in [3.63, 3.8) is 0 Å². The molecule has 0 bridgehead atoms. The van der Waals surface area contributed by atoms with E-state index in [0.717, 1.165) is 4.47 Å². The zero-order valence-electron chi connectivity index (χ0n) is 7.12. The third kappa shape index (κ3) is 3.40. The first-order valence-corrected chi connectivity index (χ1v) is 5.84. The van der Waals surface area contributed by atoms with Crippen LogP contribution < -0.4 is 0 Å². The van der Waals surface area contributed by atoms with Crippen molar-refractivity contribution < 1.29 is 9.00 Å². The Labute approximate surface area is 87.9 Å². The Bertz CT molecular complexity index is 332. The lowest BCUT2D eigenvalue weighted by atomic mass is 10.4. The van der Waals surface area contributed by atoms with Gasteiger partial charge in [-0.25, -0.2) is 0 Å².